The molecule has 1 aromatic heterocycles. The van der Waals surface area contributed by atoms with E-state index < -0.39 is 28.6 Å². The van der Waals surface area contributed by atoms with Gasteiger partial charge in [-0.15, -0.1) is 11.3 Å². The van der Waals surface area contributed by atoms with Gasteiger partial charge in [-0.05, 0) is 25.1 Å². The Labute approximate surface area is 172 Å². The minimum atomic E-state index is -3.73. The monoisotopic (exact) mass is 437 g/mol. The molecule has 0 fully saturated rings. The molecule has 0 aliphatic rings. The fourth-order valence-electron chi connectivity index (χ4n) is 2.32. The number of thiophene rings is 1. The number of hydrogen-bond donors (Lipinski definition) is 1. The van der Waals surface area contributed by atoms with E-state index in [4.69, 9.17) is 15.2 Å². The Balaban J connectivity index is 2.29. The molecule has 0 aliphatic heterocycles. The summed E-state index contributed by atoms with van der Waals surface area (Å²) < 4.78 is 35.6. The maximum absolute atomic E-state index is 12.4. The average Bonchev–Trinajstić information content (AvgIpc) is 3.01. The average molecular weight is 437 g/mol. The molecule has 2 rings (SSSR count). The SMILES string of the molecule is CCOC(=O)c1sc(N)c(C#N)c1COC(=O)c1cccc(S(=O)(=O)N(C)C)c1. The van der Waals surface area contributed by atoms with E-state index in [-0.39, 0.29) is 38.1 Å². The number of nitrogens with zero attached hydrogens (tertiary/aromatic N) is 2. The second kappa shape index (κ2) is 9.04. The van der Waals surface area contributed by atoms with Crippen molar-refractivity contribution < 1.29 is 27.5 Å². The molecule has 0 atom stereocenters. The van der Waals surface area contributed by atoms with Crippen LogP contribution >= 0.6 is 11.3 Å². The van der Waals surface area contributed by atoms with E-state index in [9.17, 15) is 23.3 Å². The summed E-state index contributed by atoms with van der Waals surface area (Å²) in [6, 6.07) is 7.25. The lowest BCUT2D eigenvalue weighted by Gasteiger charge is -2.12. The van der Waals surface area contributed by atoms with Gasteiger partial charge in [-0.2, -0.15) is 5.26 Å². The Morgan fingerprint density at radius 1 is 1.24 bits per heavy atom. The summed E-state index contributed by atoms with van der Waals surface area (Å²) in [5, 5.41) is 9.41. The van der Waals surface area contributed by atoms with Gasteiger partial charge in [-0.1, -0.05) is 6.07 Å². The van der Waals surface area contributed by atoms with Gasteiger partial charge in [0.25, 0.3) is 0 Å². The fraction of sp³-hybridized carbons (Fsp3) is 0.278. The highest BCUT2D eigenvalue weighted by Gasteiger charge is 2.24. The van der Waals surface area contributed by atoms with E-state index in [1.807, 2.05) is 6.07 Å². The number of carbonyl (C=O) groups is 2. The number of carbonyl (C=O) groups excluding carboxylic acids is 2. The molecule has 0 unspecified atom stereocenters. The van der Waals surface area contributed by atoms with Gasteiger partial charge < -0.3 is 15.2 Å². The van der Waals surface area contributed by atoms with Crippen LogP contribution in [0.15, 0.2) is 29.2 Å². The van der Waals surface area contributed by atoms with Crippen LogP contribution in [0.5, 0.6) is 0 Å². The summed E-state index contributed by atoms with van der Waals surface area (Å²) >= 11 is 0.875. The molecule has 0 amide bonds. The van der Waals surface area contributed by atoms with Crippen LogP contribution in [0, 0.1) is 11.3 Å². The van der Waals surface area contributed by atoms with Crippen LogP contribution in [0.25, 0.3) is 0 Å². The maximum atomic E-state index is 12.4. The second-order valence-corrected chi connectivity index (χ2v) is 9.08. The number of sulfonamides is 1. The molecule has 29 heavy (non-hydrogen) atoms. The van der Waals surface area contributed by atoms with Crippen LogP contribution in [0.1, 0.15) is 38.1 Å². The summed E-state index contributed by atoms with van der Waals surface area (Å²) in [6.45, 7) is 1.37. The lowest BCUT2D eigenvalue weighted by atomic mass is 10.1. The zero-order valence-electron chi connectivity index (χ0n) is 16.0. The maximum Gasteiger partial charge on any atom is 0.348 e. The van der Waals surface area contributed by atoms with Gasteiger partial charge in [0, 0.05) is 19.7 Å². The molecule has 1 aromatic carbocycles. The van der Waals surface area contributed by atoms with Gasteiger partial charge >= 0.3 is 11.9 Å². The third-order valence-corrected chi connectivity index (χ3v) is 6.66. The van der Waals surface area contributed by atoms with E-state index in [1.165, 1.54) is 38.4 Å². The Morgan fingerprint density at radius 2 is 1.93 bits per heavy atom. The van der Waals surface area contributed by atoms with Gasteiger partial charge in [0.1, 0.15) is 22.6 Å². The molecule has 0 aliphatic carbocycles. The molecule has 1 heterocycles. The number of hydrogen-bond acceptors (Lipinski definition) is 9. The third kappa shape index (κ3) is 4.73. The Bertz CT molecular complexity index is 1080. The molecule has 0 saturated carbocycles. The first-order valence-electron chi connectivity index (χ1n) is 8.31. The number of esters is 2. The van der Waals surface area contributed by atoms with Crippen molar-refractivity contribution in [3.05, 3.63) is 45.8 Å². The second-order valence-electron chi connectivity index (χ2n) is 5.87. The van der Waals surface area contributed by atoms with Crippen LogP contribution in [0.3, 0.4) is 0 Å². The summed E-state index contributed by atoms with van der Waals surface area (Å²) in [5.41, 5.74) is 5.97. The summed E-state index contributed by atoms with van der Waals surface area (Å²) in [6.07, 6.45) is 0. The van der Waals surface area contributed by atoms with Gasteiger partial charge in [0.05, 0.1) is 22.6 Å². The van der Waals surface area contributed by atoms with E-state index >= 15 is 0 Å². The van der Waals surface area contributed by atoms with Gasteiger partial charge in [-0.3, -0.25) is 0 Å². The molecule has 0 saturated heterocycles. The predicted molar refractivity (Wildman–Crippen MR) is 106 cm³/mol. The predicted octanol–water partition coefficient (Wildman–Crippen LogP) is 1.99. The highest BCUT2D eigenvalue weighted by molar-refractivity contribution is 7.89. The minimum Gasteiger partial charge on any atom is -0.462 e. The summed E-state index contributed by atoms with van der Waals surface area (Å²) in [7, 11) is -0.972. The first-order valence-corrected chi connectivity index (χ1v) is 10.6. The number of nitriles is 1. The van der Waals surface area contributed by atoms with Crippen LogP contribution < -0.4 is 5.73 Å². The van der Waals surface area contributed by atoms with Gasteiger partial charge in [0.2, 0.25) is 10.0 Å². The standard InChI is InChI=1S/C18H19N3O6S2/c1-4-26-18(23)15-14(13(9-19)16(20)28-15)10-27-17(22)11-6-5-7-12(8-11)29(24,25)21(2)3/h5-8H,4,10,20H2,1-3H3. The van der Waals surface area contributed by atoms with Crippen molar-refractivity contribution in [2.45, 2.75) is 18.4 Å². The molecule has 0 radical (unpaired) electrons. The quantitative estimate of drug-likeness (QED) is 0.649. The van der Waals surface area contributed by atoms with Crippen molar-refractivity contribution in [1.82, 2.24) is 4.31 Å². The lowest BCUT2D eigenvalue weighted by molar-refractivity contribution is 0.0452. The first-order chi connectivity index (χ1) is 13.6. The molecule has 0 bridgehead atoms. The number of rotatable bonds is 7. The Hall–Kier alpha value is -2.94. The lowest BCUT2D eigenvalue weighted by Crippen LogP contribution is -2.22. The molecule has 2 aromatic rings. The number of anilines is 1. The number of nitrogens with two attached hydrogens (primary N) is 1. The molecular weight excluding hydrogens is 418 g/mol. The van der Waals surface area contributed by atoms with Crippen LogP contribution in [0.4, 0.5) is 5.00 Å². The Morgan fingerprint density at radius 3 is 2.52 bits per heavy atom. The van der Waals surface area contributed by atoms with Gasteiger partial charge in [0.15, 0.2) is 0 Å². The Kier molecular flexibility index (Phi) is 6.97. The van der Waals surface area contributed by atoms with E-state index in [0.717, 1.165) is 15.6 Å². The number of benzene rings is 1. The minimum absolute atomic E-state index is 0.00678. The van der Waals surface area contributed by atoms with Crippen molar-refractivity contribution in [2.24, 2.45) is 0 Å². The highest BCUT2D eigenvalue weighted by atomic mass is 32.2. The van der Waals surface area contributed by atoms with E-state index in [0.29, 0.717) is 0 Å². The highest BCUT2D eigenvalue weighted by Crippen LogP contribution is 2.32. The zero-order valence-corrected chi connectivity index (χ0v) is 17.6. The van der Waals surface area contributed by atoms with Crippen molar-refractivity contribution in [3.8, 4) is 6.07 Å². The molecular formula is C18H19N3O6S2. The molecule has 9 nitrogen and oxygen atoms in total. The normalized spacial score (nSPS) is 11.1. The third-order valence-electron chi connectivity index (χ3n) is 3.80. The number of nitrogen functional groups attached to an aromatic ring is 1. The fourth-order valence-corrected chi connectivity index (χ4v) is 4.19. The summed E-state index contributed by atoms with van der Waals surface area (Å²) in [5.74, 6) is -1.49. The van der Waals surface area contributed by atoms with Crippen LogP contribution in [-0.2, 0) is 26.1 Å². The smallest absolute Gasteiger partial charge is 0.348 e. The summed E-state index contributed by atoms with van der Waals surface area (Å²) in [4.78, 5) is 24.5. The van der Waals surface area contributed by atoms with Crippen LogP contribution in [0.2, 0.25) is 0 Å². The molecule has 2 N–H and O–H groups in total. The molecule has 0 spiro atoms. The number of ether oxygens (including phenoxy) is 2. The van der Waals surface area contributed by atoms with E-state index in [2.05, 4.69) is 0 Å². The topological polar surface area (TPSA) is 140 Å². The van der Waals surface area contributed by atoms with Crippen molar-refractivity contribution >= 4 is 38.3 Å². The first kappa shape index (κ1) is 22.4. The van der Waals surface area contributed by atoms with E-state index in [1.54, 1.807) is 6.92 Å². The van der Waals surface area contributed by atoms with Crippen molar-refractivity contribution in [2.75, 3.05) is 26.4 Å². The molecule has 11 heteroatoms. The van der Waals surface area contributed by atoms with Gasteiger partial charge in [-0.25, -0.2) is 22.3 Å². The zero-order chi connectivity index (χ0) is 21.8. The largest absolute Gasteiger partial charge is 0.462 e. The van der Waals surface area contributed by atoms with Crippen LogP contribution in [-0.4, -0.2) is 45.4 Å². The van der Waals surface area contributed by atoms with Crippen molar-refractivity contribution in [1.29, 1.82) is 5.26 Å². The molecule has 154 valence electrons. The van der Waals surface area contributed by atoms with Crippen molar-refractivity contribution in [3.63, 3.8) is 0 Å².